The molecule has 0 saturated heterocycles. The highest BCUT2D eigenvalue weighted by atomic mass is 35.5. The van der Waals surface area contributed by atoms with Gasteiger partial charge in [-0.05, 0) is 61.4 Å². The average Bonchev–Trinajstić information content (AvgIpc) is 3.30. The predicted octanol–water partition coefficient (Wildman–Crippen LogP) is 4.49. The minimum atomic E-state index is 0.617. The predicted molar refractivity (Wildman–Crippen MR) is 89.8 cm³/mol. The molecular formula is C19H22ClN. The third kappa shape index (κ3) is 4.87. The standard InChI is InChI=1S/C19H22ClN/c20-18-8-4-7-16(13-18)12-17(14-21-19-9-10-19)11-15-5-2-1-3-6-15/h1-8,13,17,19,21H,9-12,14H2. The SMILES string of the molecule is Clc1cccc(CC(CNC2CC2)Cc2ccccc2)c1. The van der Waals surface area contributed by atoms with E-state index in [-0.39, 0.29) is 0 Å². The topological polar surface area (TPSA) is 12.0 Å². The zero-order valence-corrected chi connectivity index (χ0v) is 13.0. The maximum atomic E-state index is 6.11. The fourth-order valence-electron chi connectivity index (χ4n) is 2.78. The van der Waals surface area contributed by atoms with Crippen LogP contribution in [0.4, 0.5) is 0 Å². The van der Waals surface area contributed by atoms with E-state index < -0.39 is 0 Å². The molecule has 21 heavy (non-hydrogen) atoms. The molecule has 2 heteroatoms. The second-order valence-electron chi connectivity index (χ2n) is 6.07. The van der Waals surface area contributed by atoms with Crippen LogP contribution in [0.25, 0.3) is 0 Å². The molecule has 1 aliphatic carbocycles. The van der Waals surface area contributed by atoms with Crippen molar-refractivity contribution in [3.63, 3.8) is 0 Å². The second kappa shape index (κ2) is 7.11. The number of halogens is 1. The molecule has 2 aromatic rings. The minimum Gasteiger partial charge on any atom is -0.314 e. The molecular weight excluding hydrogens is 278 g/mol. The molecule has 1 saturated carbocycles. The van der Waals surface area contributed by atoms with Crippen molar-refractivity contribution in [2.45, 2.75) is 31.7 Å². The quantitative estimate of drug-likeness (QED) is 0.794. The normalized spacial score (nSPS) is 15.9. The number of hydrogen-bond donors (Lipinski definition) is 1. The Morgan fingerprint density at radius 3 is 2.38 bits per heavy atom. The molecule has 2 aromatic carbocycles. The summed E-state index contributed by atoms with van der Waals surface area (Å²) in [5, 5.41) is 4.51. The summed E-state index contributed by atoms with van der Waals surface area (Å²) in [6.45, 7) is 1.09. The molecule has 1 aliphatic rings. The van der Waals surface area contributed by atoms with Crippen LogP contribution in [-0.2, 0) is 12.8 Å². The van der Waals surface area contributed by atoms with Crippen LogP contribution < -0.4 is 5.32 Å². The third-order valence-corrected chi connectivity index (χ3v) is 4.29. The molecule has 0 radical (unpaired) electrons. The van der Waals surface area contributed by atoms with E-state index in [9.17, 15) is 0 Å². The highest BCUT2D eigenvalue weighted by molar-refractivity contribution is 6.30. The Hall–Kier alpha value is -1.31. The number of hydrogen-bond acceptors (Lipinski definition) is 1. The van der Waals surface area contributed by atoms with E-state index in [1.54, 1.807) is 0 Å². The van der Waals surface area contributed by atoms with E-state index in [4.69, 9.17) is 11.6 Å². The molecule has 1 unspecified atom stereocenters. The molecule has 0 amide bonds. The lowest BCUT2D eigenvalue weighted by molar-refractivity contribution is 0.469. The molecule has 0 bridgehead atoms. The van der Waals surface area contributed by atoms with Crippen molar-refractivity contribution >= 4 is 11.6 Å². The fraction of sp³-hybridized carbons (Fsp3) is 0.368. The first-order valence-electron chi connectivity index (χ1n) is 7.81. The maximum absolute atomic E-state index is 6.11. The molecule has 1 nitrogen and oxygen atoms in total. The molecule has 0 spiro atoms. The molecule has 1 fully saturated rings. The van der Waals surface area contributed by atoms with Gasteiger partial charge in [-0.15, -0.1) is 0 Å². The molecule has 110 valence electrons. The largest absolute Gasteiger partial charge is 0.314 e. The Labute approximate surface area is 132 Å². The van der Waals surface area contributed by atoms with Crippen molar-refractivity contribution in [3.8, 4) is 0 Å². The Bertz CT molecular complexity index is 563. The fourth-order valence-corrected chi connectivity index (χ4v) is 2.99. The lowest BCUT2D eigenvalue weighted by Crippen LogP contribution is -2.27. The average molecular weight is 300 g/mol. The Morgan fingerprint density at radius 1 is 0.952 bits per heavy atom. The Morgan fingerprint density at radius 2 is 1.67 bits per heavy atom. The minimum absolute atomic E-state index is 0.617. The van der Waals surface area contributed by atoms with Gasteiger partial charge in [0.1, 0.15) is 0 Å². The molecule has 0 aliphatic heterocycles. The molecule has 0 heterocycles. The van der Waals surface area contributed by atoms with Crippen molar-refractivity contribution in [2.75, 3.05) is 6.54 Å². The highest BCUT2D eigenvalue weighted by Gasteiger charge is 2.22. The first-order valence-corrected chi connectivity index (χ1v) is 8.19. The van der Waals surface area contributed by atoms with Crippen LogP contribution in [0.1, 0.15) is 24.0 Å². The summed E-state index contributed by atoms with van der Waals surface area (Å²) in [4.78, 5) is 0. The summed E-state index contributed by atoms with van der Waals surface area (Å²) in [5.74, 6) is 0.617. The number of rotatable bonds is 7. The lowest BCUT2D eigenvalue weighted by Gasteiger charge is -2.18. The van der Waals surface area contributed by atoms with Gasteiger partial charge in [0.05, 0.1) is 0 Å². The van der Waals surface area contributed by atoms with Crippen LogP contribution >= 0.6 is 11.6 Å². The van der Waals surface area contributed by atoms with Crippen LogP contribution in [0.15, 0.2) is 54.6 Å². The van der Waals surface area contributed by atoms with Gasteiger partial charge >= 0.3 is 0 Å². The monoisotopic (exact) mass is 299 g/mol. The lowest BCUT2D eigenvalue weighted by atomic mass is 9.92. The van der Waals surface area contributed by atoms with Crippen LogP contribution in [-0.4, -0.2) is 12.6 Å². The van der Waals surface area contributed by atoms with E-state index in [0.717, 1.165) is 30.5 Å². The summed E-state index contributed by atoms with van der Waals surface area (Å²) in [6.07, 6.45) is 4.88. The third-order valence-electron chi connectivity index (χ3n) is 4.05. The van der Waals surface area contributed by atoms with Crippen LogP contribution in [0, 0.1) is 5.92 Å². The smallest absolute Gasteiger partial charge is 0.0408 e. The van der Waals surface area contributed by atoms with Gasteiger partial charge < -0.3 is 5.32 Å². The van der Waals surface area contributed by atoms with Crippen LogP contribution in [0.5, 0.6) is 0 Å². The Balaban J connectivity index is 1.65. The van der Waals surface area contributed by atoms with Crippen molar-refractivity contribution in [3.05, 3.63) is 70.7 Å². The summed E-state index contributed by atoms with van der Waals surface area (Å²) < 4.78 is 0. The van der Waals surface area contributed by atoms with Crippen molar-refractivity contribution in [1.29, 1.82) is 0 Å². The zero-order valence-electron chi connectivity index (χ0n) is 12.3. The van der Waals surface area contributed by atoms with Crippen molar-refractivity contribution in [1.82, 2.24) is 5.32 Å². The van der Waals surface area contributed by atoms with E-state index in [0.29, 0.717) is 5.92 Å². The van der Waals surface area contributed by atoms with E-state index in [1.807, 2.05) is 12.1 Å². The summed E-state index contributed by atoms with van der Waals surface area (Å²) in [7, 11) is 0. The molecule has 0 aromatic heterocycles. The first kappa shape index (κ1) is 14.6. The Kier molecular flexibility index (Phi) is 4.95. The maximum Gasteiger partial charge on any atom is 0.0408 e. The van der Waals surface area contributed by atoms with Gasteiger partial charge in [-0.1, -0.05) is 54.1 Å². The van der Waals surface area contributed by atoms with Gasteiger partial charge in [-0.2, -0.15) is 0 Å². The van der Waals surface area contributed by atoms with Gasteiger partial charge in [0.2, 0.25) is 0 Å². The second-order valence-corrected chi connectivity index (χ2v) is 6.51. The summed E-state index contributed by atoms with van der Waals surface area (Å²) in [6, 6.07) is 19.8. The first-order chi connectivity index (χ1) is 10.3. The summed E-state index contributed by atoms with van der Waals surface area (Å²) in [5.41, 5.74) is 2.75. The van der Waals surface area contributed by atoms with Crippen LogP contribution in [0.3, 0.4) is 0 Å². The number of benzene rings is 2. The van der Waals surface area contributed by atoms with Crippen molar-refractivity contribution in [2.24, 2.45) is 5.92 Å². The van der Waals surface area contributed by atoms with Crippen molar-refractivity contribution < 1.29 is 0 Å². The van der Waals surface area contributed by atoms with Gasteiger partial charge in [0.25, 0.3) is 0 Å². The van der Waals surface area contributed by atoms with Crippen LogP contribution in [0.2, 0.25) is 5.02 Å². The van der Waals surface area contributed by atoms with E-state index in [2.05, 4.69) is 47.8 Å². The summed E-state index contributed by atoms with van der Waals surface area (Å²) >= 11 is 6.11. The zero-order chi connectivity index (χ0) is 14.5. The van der Waals surface area contributed by atoms with E-state index >= 15 is 0 Å². The van der Waals surface area contributed by atoms with Gasteiger partial charge in [-0.3, -0.25) is 0 Å². The molecule has 1 atom stereocenters. The molecule has 3 rings (SSSR count). The molecule has 1 N–H and O–H groups in total. The van der Waals surface area contributed by atoms with Gasteiger partial charge in [0.15, 0.2) is 0 Å². The van der Waals surface area contributed by atoms with Gasteiger partial charge in [0, 0.05) is 11.1 Å². The van der Waals surface area contributed by atoms with Gasteiger partial charge in [-0.25, -0.2) is 0 Å². The number of nitrogens with one attached hydrogen (secondary N) is 1. The highest BCUT2D eigenvalue weighted by Crippen LogP contribution is 2.21. The van der Waals surface area contributed by atoms with E-state index in [1.165, 1.54) is 24.0 Å².